The molecule has 4 unspecified atom stereocenters. The van der Waals surface area contributed by atoms with Gasteiger partial charge in [-0.05, 0) is 64.0 Å². The van der Waals surface area contributed by atoms with E-state index in [4.69, 9.17) is 11.0 Å². The summed E-state index contributed by atoms with van der Waals surface area (Å²) in [4.78, 5) is 2.22. The summed E-state index contributed by atoms with van der Waals surface area (Å²) in [5.41, 5.74) is 8.81. The van der Waals surface area contributed by atoms with Crippen LogP contribution in [0, 0.1) is 29.1 Å². The van der Waals surface area contributed by atoms with Gasteiger partial charge in [-0.1, -0.05) is 6.08 Å². The monoisotopic (exact) mass is 317 g/mol. The topological polar surface area (TPSA) is 77.4 Å². The summed E-state index contributed by atoms with van der Waals surface area (Å²) in [5, 5.41) is 12.6. The van der Waals surface area contributed by atoms with Crippen molar-refractivity contribution >= 4 is 5.84 Å². The van der Waals surface area contributed by atoms with Gasteiger partial charge in [-0.3, -0.25) is 0 Å². The summed E-state index contributed by atoms with van der Waals surface area (Å²) in [6.45, 7) is 5.93. The van der Waals surface area contributed by atoms with E-state index in [0.29, 0.717) is 12.0 Å². The van der Waals surface area contributed by atoms with Gasteiger partial charge in [0.25, 0.3) is 0 Å². The molecule has 2 fully saturated rings. The summed E-state index contributed by atoms with van der Waals surface area (Å²) in [6.07, 6.45) is 10.4. The highest BCUT2D eigenvalue weighted by Crippen LogP contribution is 2.36. The first-order valence-electron chi connectivity index (χ1n) is 8.89. The van der Waals surface area contributed by atoms with Gasteiger partial charge < -0.3 is 16.1 Å². The lowest BCUT2D eigenvalue weighted by Crippen LogP contribution is -2.31. The number of nitrogens with zero attached hydrogens (tertiary/aromatic N) is 3. The maximum Gasteiger partial charge on any atom is 0.121 e. The van der Waals surface area contributed by atoms with Crippen LogP contribution in [0.25, 0.3) is 0 Å². The molecule has 0 bridgehead atoms. The van der Waals surface area contributed by atoms with Crippen molar-refractivity contribution in [3.8, 4) is 6.07 Å². The number of nitrogens with one attached hydrogen (secondary N) is 1. The molecule has 3 aliphatic rings. The molecule has 0 aromatic heterocycles. The SMILES string of the molecule is C=CCC1CCC(C2CC(N)=NN2)C1.CN1CCCC(C#N)C1. The molecule has 128 valence electrons. The van der Waals surface area contributed by atoms with Crippen LogP contribution in [-0.4, -0.2) is 36.9 Å². The zero-order chi connectivity index (χ0) is 16.7. The second kappa shape index (κ2) is 8.93. The van der Waals surface area contributed by atoms with Gasteiger partial charge >= 0.3 is 0 Å². The fraction of sp³-hybridized carbons (Fsp3) is 0.778. The quantitative estimate of drug-likeness (QED) is 0.784. The molecule has 0 aromatic rings. The number of hydrogen-bond donors (Lipinski definition) is 2. The molecule has 3 rings (SSSR count). The van der Waals surface area contributed by atoms with E-state index >= 15 is 0 Å². The highest BCUT2D eigenvalue weighted by molar-refractivity contribution is 5.82. The Kier molecular flexibility index (Phi) is 6.91. The molecule has 1 aliphatic carbocycles. The fourth-order valence-electron chi connectivity index (χ4n) is 3.96. The van der Waals surface area contributed by atoms with E-state index in [9.17, 15) is 0 Å². The van der Waals surface area contributed by atoms with Gasteiger partial charge in [-0.25, -0.2) is 0 Å². The van der Waals surface area contributed by atoms with Gasteiger partial charge in [-0.2, -0.15) is 10.4 Å². The minimum absolute atomic E-state index is 0.295. The molecular weight excluding hydrogens is 286 g/mol. The van der Waals surface area contributed by atoms with Crippen LogP contribution in [0.1, 0.15) is 44.9 Å². The minimum atomic E-state index is 0.295. The van der Waals surface area contributed by atoms with Crippen LogP contribution < -0.4 is 11.2 Å². The second-order valence-corrected chi connectivity index (χ2v) is 7.24. The lowest BCUT2D eigenvalue weighted by atomic mass is 9.94. The van der Waals surface area contributed by atoms with Crippen LogP contribution in [0.5, 0.6) is 0 Å². The zero-order valence-corrected chi connectivity index (χ0v) is 14.4. The Bertz CT molecular complexity index is 453. The molecule has 4 atom stereocenters. The van der Waals surface area contributed by atoms with E-state index in [-0.39, 0.29) is 0 Å². The summed E-state index contributed by atoms with van der Waals surface area (Å²) in [5.74, 6) is 2.68. The van der Waals surface area contributed by atoms with E-state index in [1.54, 1.807) is 0 Å². The smallest absolute Gasteiger partial charge is 0.121 e. The van der Waals surface area contributed by atoms with E-state index in [0.717, 1.165) is 43.6 Å². The van der Waals surface area contributed by atoms with Crippen LogP contribution >= 0.6 is 0 Å². The van der Waals surface area contributed by atoms with E-state index < -0.39 is 0 Å². The molecule has 1 saturated carbocycles. The molecule has 0 spiro atoms. The largest absolute Gasteiger partial charge is 0.386 e. The van der Waals surface area contributed by atoms with E-state index in [1.807, 2.05) is 6.08 Å². The Labute approximate surface area is 140 Å². The Balaban J connectivity index is 0.000000185. The number of hydrogen-bond acceptors (Lipinski definition) is 5. The molecule has 2 aliphatic heterocycles. The van der Waals surface area contributed by atoms with Crippen LogP contribution in [0.15, 0.2) is 17.8 Å². The number of allylic oxidation sites excluding steroid dienone is 1. The number of piperidine rings is 1. The van der Waals surface area contributed by atoms with Gasteiger partial charge in [0, 0.05) is 13.0 Å². The Hall–Kier alpha value is -1.54. The van der Waals surface area contributed by atoms with Crippen LogP contribution in [0.4, 0.5) is 0 Å². The third kappa shape index (κ3) is 5.54. The van der Waals surface area contributed by atoms with Crippen molar-refractivity contribution in [2.75, 3.05) is 20.1 Å². The highest BCUT2D eigenvalue weighted by Gasteiger charge is 2.32. The van der Waals surface area contributed by atoms with Crippen LogP contribution in [0.3, 0.4) is 0 Å². The molecular formula is C18H31N5. The number of hydrazone groups is 1. The van der Waals surface area contributed by atoms with Crippen molar-refractivity contribution in [1.29, 1.82) is 5.26 Å². The molecule has 1 saturated heterocycles. The normalized spacial score (nSPS) is 33.8. The molecule has 5 nitrogen and oxygen atoms in total. The average molecular weight is 317 g/mol. The predicted octanol–water partition coefficient (Wildman–Crippen LogP) is 2.46. The van der Waals surface area contributed by atoms with Crippen molar-refractivity contribution in [1.82, 2.24) is 10.3 Å². The van der Waals surface area contributed by atoms with Crippen LogP contribution in [-0.2, 0) is 0 Å². The van der Waals surface area contributed by atoms with Gasteiger partial charge in [0.05, 0.1) is 18.0 Å². The Morgan fingerprint density at radius 1 is 1.48 bits per heavy atom. The van der Waals surface area contributed by atoms with Gasteiger partial charge in [0.1, 0.15) is 5.84 Å². The second-order valence-electron chi connectivity index (χ2n) is 7.24. The van der Waals surface area contributed by atoms with Gasteiger partial charge in [0.2, 0.25) is 0 Å². The summed E-state index contributed by atoms with van der Waals surface area (Å²) >= 11 is 0. The summed E-state index contributed by atoms with van der Waals surface area (Å²) in [7, 11) is 2.07. The molecule has 0 radical (unpaired) electrons. The number of nitriles is 1. The third-order valence-electron chi connectivity index (χ3n) is 5.26. The van der Waals surface area contributed by atoms with Gasteiger partial charge in [-0.15, -0.1) is 6.58 Å². The molecule has 2 heterocycles. The third-order valence-corrected chi connectivity index (χ3v) is 5.26. The first-order chi connectivity index (χ1) is 11.1. The minimum Gasteiger partial charge on any atom is -0.386 e. The number of likely N-dealkylation sites (tertiary alicyclic amines) is 1. The van der Waals surface area contributed by atoms with Crippen molar-refractivity contribution in [3.05, 3.63) is 12.7 Å². The molecule has 0 aromatic carbocycles. The molecule has 5 heteroatoms. The number of rotatable bonds is 3. The highest BCUT2D eigenvalue weighted by atomic mass is 15.3. The first kappa shape index (κ1) is 17.8. The number of nitrogens with two attached hydrogens (primary N) is 1. The van der Waals surface area contributed by atoms with Crippen molar-refractivity contribution in [3.63, 3.8) is 0 Å². The van der Waals surface area contributed by atoms with Crippen molar-refractivity contribution in [2.24, 2.45) is 28.6 Å². The van der Waals surface area contributed by atoms with Crippen molar-refractivity contribution < 1.29 is 0 Å². The molecule has 23 heavy (non-hydrogen) atoms. The summed E-state index contributed by atoms with van der Waals surface area (Å²) < 4.78 is 0. The van der Waals surface area contributed by atoms with Crippen LogP contribution in [0.2, 0.25) is 0 Å². The predicted molar refractivity (Wildman–Crippen MR) is 94.6 cm³/mol. The fourth-order valence-corrected chi connectivity index (χ4v) is 3.96. The lowest BCUT2D eigenvalue weighted by Gasteiger charge is -2.24. The standard InChI is InChI=1S/C11H19N3.C7H12N2/c1-2-3-8-4-5-9(6-8)10-7-11(12)14-13-10;1-9-4-2-3-7(5-8)6-9/h2,8-10,13H,1,3-7H2,(H2,12,14);7H,2-4,6H2,1H3. The molecule has 0 amide bonds. The number of amidine groups is 1. The lowest BCUT2D eigenvalue weighted by molar-refractivity contribution is 0.241. The van der Waals surface area contributed by atoms with Crippen molar-refractivity contribution in [2.45, 2.75) is 51.0 Å². The van der Waals surface area contributed by atoms with E-state index in [2.05, 4.69) is 35.1 Å². The maximum absolute atomic E-state index is 8.53. The van der Waals surface area contributed by atoms with Gasteiger partial charge in [0.15, 0.2) is 0 Å². The maximum atomic E-state index is 8.53. The average Bonchev–Trinajstić information content (AvgIpc) is 3.17. The van der Waals surface area contributed by atoms with E-state index in [1.165, 1.54) is 32.1 Å². The zero-order valence-electron chi connectivity index (χ0n) is 14.4. The first-order valence-corrected chi connectivity index (χ1v) is 8.89. The molecule has 3 N–H and O–H groups in total. The summed E-state index contributed by atoms with van der Waals surface area (Å²) in [6, 6.07) is 2.80. The Morgan fingerprint density at radius 2 is 2.30 bits per heavy atom. The Morgan fingerprint density at radius 3 is 2.87 bits per heavy atom.